The fourth-order valence-corrected chi connectivity index (χ4v) is 4.37. The van der Waals surface area contributed by atoms with E-state index >= 15 is 0 Å². The fourth-order valence-electron chi connectivity index (χ4n) is 4.37. The number of carbonyl (C=O) groups excluding carboxylic acids is 1. The number of non-ortho nitro benzene ring substituents is 1. The lowest BCUT2D eigenvalue weighted by Crippen LogP contribution is -2.58. The molecular weight excluding hydrogens is 388 g/mol. The van der Waals surface area contributed by atoms with Crippen LogP contribution in [0.5, 0.6) is 11.5 Å². The van der Waals surface area contributed by atoms with Gasteiger partial charge in [-0.05, 0) is 49.8 Å². The van der Waals surface area contributed by atoms with Crippen LogP contribution in [0.4, 0.5) is 11.4 Å². The SMILES string of the molecule is COC(=O)c1ccc2c(c1)C(C)(C)C1(C=Cc3cc([N+](=O)[O-])cc(OC)c3O1)N2C. The van der Waals surface area contributed by atoms with Gasteiger partial charge >= 0.3 is 5.97 Å². The Labute approximate surface area is 173 Å². The third-order valence-electron chi connectivity index (χ3n) is 6.09. The predicted molar refractivity (Wildman–Crippen MR) is 111 cm³/mol. The quantitative estimate of drug-likeness (QED) is 0.430. The Morgan fingerprint density at radius 2 is 1.93 bits per heavy atom. The Balaban J connectivity index is 1.86. The second-order valence-corrected chi connectivity index (χ2v) is 7.86. The van der Waals surface area contributed by atoms with Gasteiger partial charge in [0.1, 0.15) is 0 Å². The van der Waals surface area contributed by atoms with Crippen molar-refractivity contribution in [1.29, 1.82) is 0 Å². The molecule has 2 aliphatic heterocycles. The Hall–Kier alpha value is -3.55. The van der Waals surface area contributed by atoms with Gasteiger partial charge in [-0.2, -0.15) is 0 Å². The average molecular weight is 410 g/mol. The van der Waals surface area contributed by atoms with E-state index in [1.165, 1.54) is 26.4 Å². The first-order valence-electron chi connectivity index (χ1n) is 9.37. The molecule has 0 aromatic heterocycles. The summed E-state index contributed by atoms with van der Waals surface area (Å²) in [6, 6.07) is 8.24. The van der Waals surface area contributed by atoms with Crippen LogP contribution in [0.15, 0.2) is 36.4 Å². The van der Waals surface area contributed by atoms with Gasteiger partial charge in [0.15, 0.2) is 11.5 Å². The second kappa shape index (κ2) is 6.48. The van der Waals surface area contributed by atoms with E-state index in [0.717, 1.165) is 11.3 Å². The Morgan fingerprint density at radius 1 is 1.20 bits per heavy atom. The molecule has 0 saturated carbocycles. The number of nitrogens with zero attached hydrogens (tertiary/aromatic N) is 2. The molecule has 8 nitrogen and oxygen atoms in total. The molecule has 1 spiro atoms. The van der Waals surface area contributed by atoms with Crippen molar-refractivity contribution in [3.63, 3.8) is 0 Å². The summed E-state index contributed by atoms with van der Waals surface area (Å²) in [6.07, 6.45) is 3.72. The first kappa shape index (κ1) is 19.8. The van der Waals surface area contributed by atoms with Gasteiger partial charge in [-0.3, -0.25) is 10.1 Å². The molecule has 1 unspecified atom stereocenters. The summed E-state index contributed by atoms with van der Waals surface area (Å²) < 4.78 is 16.8. The largest absolute Gasteiger partial charge is 0.493 e. The molecule has 0 radical (unpaired) electrons. The predicted octanol–water partition coefficient (Wildman–Crippen LogP) is 3.92. The number of fused-ring (bicyclic) bond motifs is 2. The van der Waals surface area contributed by atoms with Crippen LogP contribution in [0.25, 0.3) is 6.08 Å². The number of ether oxygens (including phenoxy) is 3. The number of nitro groups is 1. The minimum atomic E-state index is -0.916. The van der Waals surface area contributed by atoms with E-state index in [1.54, 1.807) is 6.07 Å². The number of hydrogen-bond donors (Lipinski definition) is 0. The van der Waals surface area contributed by atoms with Gasteiger partial charge in [0, 0.05) is 24.4 Å². The molecule has 1 atom stereocenters. The molecule has 0 bridgehead atoms. The minimum Gasteiger partial charge on any atom is -0.493 e. The maximum Gasteiger partial charge on any atom is 0.337 e. The first-order chi connectivity index (χ1) is 14.2. The minimum absolute atomic E-state index is 0.0696. The van der Waals surface area contributed by atoms with Gasteiger partial charge in [-0.1, -0.05) is 0 Å². The van der Waals surface area contributed by atoms with Crippen LogP contribution in [-0.2, 0) is 10.2 Å². The van der Waals surface area contributed by atoms with Crippen LogP contribution in [0.1, 0.15) is 35.3 Å². The number of nitro benzene ring substituents is 1. The van der Waals surface area contributed by atoms with Gasteiger partial charge in [0.2, 0.25) is 5.72 Å². The molecule has 0 aliphatic carbocycles. The second-order valence-electron chi connectivity index (χ2n) is 7.86. The van der Waals surface area contributed by atoms with Gasteiger partial charge < -0.3 is 19.1 Å². The van der Waals surface area contributed by atoms with Crippen LogP contribution >= 0.6 is 0 Å². The van der Waals surface area contributed by atoms with Crippen molar-refractivity contribution in [2.45, 2.75) is 25.0 Å². The molecule has 0 N–H and O–H groups in total. The van der Waals surface area contributed by atoms with Gasteiger partial charge in [0.05, 0.1) is 36.2 Å². The maximum atomic E-state index is 12.1. The van der Waals surface area contributed by atoms with Crippen molar-refractivity contribution >= 4 is 23.4 Å². The topological polar surface area (TPSA) is 91.1 Å². The normalized spacial score (nSPS) is 20.4. The Kier molecular flexibility index (Phi) is 4.27. The van der Waals surface area contributed by atoms with Crippen LogP contribution in [-0.4, -0.2) is 37.9 Å². The summed E-state index contributed by atoms with van der Waals surface area (Å²) in [4.78, 5) is 24.9. The lowest BCUT2D eigenvalue weighted by atomic mass is 9.76. The summed E-state index contributed by atoms with van der Waals surface area (Å²) in [5, 5.41) is 11.3. The Morgan fingerprint density at radius 3 is 2.57 bits per heavy atom. The zero-order valence-corrected chi connectivity index (χ0v) is 17.4. The van der Waals surface area contributed by atoms with Crippen LogP contribution in [0.3, 0.4) is 0 Å². The van der Waals surface area contributed by atoms with E-state index in [1.807, 2.05) is 50.1 Å². The highest BCUT2D eigenvalue weighted by molar-refractivity contribution is 5.91. The summed E-state index contributed by atoms with van der Waals surface area (Å²) in [6.45, 7) is 4.06. The monoisotopic (exact) mass is 410 g/mol. The maximum absolute atomic E-state index is 12.1. The number of carbonyl (C=O) groups is 1. The third-order valence-corrected chi connectivity index (χ3v) is 6.09. The molecular formula is C22H22N2O6. The summed E-state index contributed by atoms with van der Waals surface area (Å²) in [7, 11) is 4.72. The number of rotatable bonds is 3. The highest BCUT2D eigenvalue weighted by Crippen LogP contribution is 2.56. The highest BCUT2D eigenvalue weighted by atomic mass is 16.6. The molecule has 2 aromatic carbocycles. The van der Waals surface area contributed by atoms with Gasteiger partial charge in [-0.15, -0.1) is 0 Å². The summed E-state index contributed by atoms with van der Waals surface area (Å²) >= 11 is 0. The van der Waals surface area contributed by atoms with Gasteiger partial charge in [-0.25, -0.2) is 4.79 Å². The number of hydrogen-bond acceptors (Lipinski definition) is 7. The third kappa shape index (κ3) is 2.49. The Bertz CT molecular complexity index is 1110. The van der Waals surface area contributed by atoms with E-state index in [-0.39, 0.29) is 5.69 Å². The van der Waals surface area contributed by atoms with Crippen molar-refractivity contribution in [3.05, 3.63) is 63.2 Å². The molecule has 2 aliphatic rings. The number of methoxy groups -OCH3 is 2. The molecule has 30 heavy (non-hydrogen) atoms. The first-order valence-corrected chi connectivity index (χ1v) is 9.37. The molecule has 0 saturated heterocycles. The smallest absolute Gasteiger partial charge is 0.337 e. The van der Waals surface area contributed by atoms with E-state index in [9.17, 15) is 14.9 Å². The molecule has 0 amide bonds. The van der Waals surface area contributed by atoms with E-state index < -0.39 is 22.0 Å². The van der Waals surface area contributed by atoms with E-state index in [2.05, 4.69) is 0 Å². The van der Waals surface area contributed by atoms with Crippen molar-refractivity contribution < 1.29 is 23.9 Å². The zero-order chi connectivity index (χ0) is 21.8. The van der Waals surface area contributed by atoms with Crippen molar-refractivity contribution in [1.82, 2.24) is 0 Å². The number of benzene rings is 2. The van der Waals surface area contributed by atoms with E-state index in [4.69, 9.17) is 14.2 Å². The number of esters is 1. The summed E-state index contributed by atoms with van der Waals surface area (Å²) in [5.41, 5.74) is 1.33. The molecule has 2 aromatic rings. The molecule has 4 rings (SSSR count). The average Bonchev–Trinajstić information content (AvgIpc) is 2.90. The van der Waals surface area contributed by atoms with Gasteiger partial charge in [0.25, 0.3) is 5.69 Å². The van der Waals surface area contributed by atoms with Crippen LogP contribution in [0.2, 0.25) is 0 Å². The molecule has 156 valence electrons. The van der Waals surface area contributed by atoms with Crippen molar-refractivity contribution in [2.75, 3.05) is 26.2 Å². The molecule has 2 heterocycles. The molecule has 8 heteroatoms. The van der Waals surface area contributed by atoms with E-state index in [0.29, 0.717) is 22.6 Å². The van der Waals surface area contributed by atoms with Crippen LogP contribution in [0, 0.1) is 10.1 Å². The highest BCUT2D eigenvalue weighted by Gasteiger charge is 2.58. The number of anilines is 1. The lowest BCUT2D eigenvalue weighted by molar-refractivity contribution is -0.385. The summed E-state index contributed by atoms with van der Waals surface area (Å²) in [5.74, 6) is 0.321. The van der Waals surface area contributed by atoms with Crippen LogP contribution < -0.4 is 14.4 Å². The van der Waals surface area contributed by atoms with Crippen molar-refractivity contribution in [2.24, 2.45) is 0 Å². The molecule has 0 fully saturated rings. The standard InChI is InChI=1S/C22H22N2O6/c1-21(2)16-11-14(20(25)29-5)6-7-17(16)23(3)22(21)9-8-13-10-15(24(26)27)12-18(28-4)19(13)30-22/h6-12H,1-5H3. The number of likely N-dealkylation sites (N-methyl/N-ethyl adjacent to an activating group) is 1. The zero-order valence-electron chi connectivity index (χ0n) is 17.4. The fraction of sp³-hybridized carbons (Fsp3) is 0.318. The van der Waals surface area contributed by atoms with Crippen molar-refractivity contribution in [3.8, 4) is 11.5 Å². The lowest BCUT2D eigenvalue weighted by Gasteiger charge is -2.45.